The fourth-order valence-corrected chi connectivity index (χ4v) is 2.00. The second kappa shape index (κ2) is 8.89. The summed E-state index contributed by atoms with van der Waals surface area (Å²) in [5, 5.41) is 4.18. The van der Waals surface area contributed by atoms with E-state index in [1.165, 1.54) is 48.5 Å². The minimum Gasteiger partial charge on any atom is -0.434 e. The average molecular weight is 396 g/mol. The summed E-state index contributed by atoms with van der Waals surface area (Å²) >= 11 is 0. The van der Waals surface area contributed by atoms with Gasteiger partial charge in [-0.25, -0.2) is 4.79 Å². The zero-order valence-corrected chi connectivity index (χ0v) is 14.5. The Hall–Kier alpha value is -3.56. The lowest BCUT2D eigenvalue weighted by Crippen LogP contribution is -2.29. The number of ether oxygens (including phenoxy) is 2. The smallest absolute Gasteiger partial charge is 0.434 e. The second-order valence-corrected chi connectivity index (χ2v) is 5.30. The van der Waals surface area contributed by atoms with E-state index in [4.69, 9.17) is 4.74 Å². The lowest BCUT2D eigenvalue weighted by molar-refractivity contribution is -0.167. The van der Waals surface area contributed by atoms with E-state index in [-0.39, 0.29) is 29.3 Å². The normalized spacial score (nSPS) is 10.7. The molecule has 0 saturated carbocycles. The van der Waals surface area contributed by atoms with Crippen LogP contribution >= 0.6 is 0 Å². The number of hydrogen-bond acceptors (Lipinski definition) is 5. The maximum atomic E-state index is 12.3. The molecular formula is C18H15F3N2O5. The third-order valence-corrected chi connectivity index (χ3v) is 3.22. The van der Waals surface area contributed by atoms with Gasteiger partial charge in [0.25, 0.3) is 5.91 Å². The summed E-state index contributed by atoms with van der Waals surface area (Å²) in [5.74, 6) is -2.50. The van der Waals surface area contributed by atoms with Gasteiger partial charge in [-0.1, -0.05) is 6.07 Å². The number of rotatable bonds is 5. The maximum Gasteiger partial charge on any atom is 0.513 e. The number of benzene rings is 2. The molecule has 0 aliphatic heterocycles. The van der Waals surface area contributed by atoms with Crippen molar-refractivity contribution in [3.05, 3.63) is 54.1 Å². The molecule has 0 aliphatic carbocycles. The Kier molecular flexibility index (Phi) is 6.59. The Balaban J connectivity index is 2.02. The van der Waals surface area contributed by atoms with Crippen LogP contribution in [-0.2, 0) is 9.53 Å². The van der Waals surface area contributed by atoms with Gasteiger partial charge in [-0.3, -0.25) is 9.59 Å². The first-order valence-corrected chi connectivity index (χ1v) is 7.93. The van der Waals surface area contributed by atoms with Gasteiger partial charge in [-0.2, -0.15) is 13.2 Å². The molecule has 0 spiro atoms. The molecule has 0 atom stereocenters. The minimum absolute atomic E-state index is 0.127. The highest BCUT2D eigenvalue weighted by atomic mass is 19.4. The monoisotopic (exact) mass is 396 g/mol. The summed E-state index contributed by atoms with van der Waals surface area (Å²) in [6, 6.07) is 10.8. The van der Waals surface area contributed by atoms with E-state index in [1.807, 2.05) is 0 Å². The summed E-state index contributed by atoms with van der Waals surface area (Å²) in [6.07, 6.45) is -5.90. The molecule has 0 aromatic heterocycles. The van der Waals surface area contributed by atoms with E-state index in [9.17, 15) is 27.6 Å². The predicted octanol–water partition coefficient (Wildman–Crippen LogP) is 3.98. The van der Waals surface area contributed by atoms with Gasteiger partial charge in [0, 0.05) is 16.9 Å². The summed E-state index contributed by atoms with van der Waals surface area (Å²) in [4.78, 5) is 34.4. The van der Waals surface area contributed by atoms with Crippen LogP contribution in [0.25, 0.3) is 0 Å². The van der Waals surface area contributed by atoms with Crippen LogP contribution in [0, 0.1) is 0 Å². The second-order valence-electron chi connectivity index (χ2n) is 5.30. The molecule has 28 heavy (non-hydrogen) atoms. The van der Waals surface area contributed by atoms with Crippen LogP contribution in [0.1, 0.15) is 17.3 Å². The highest BCUT2D eigenvalue weighted by Crippen LogP contribution is 2.21. The molecule has 0 heterocycles. The molecule has 0 aliphatic rings. The van der Waals surface area contributed by atoms with E-state index < -0.39 is 24.1 Å². The first kappa shape index (κ1) is 20.7. The number of carbonyl (C=O) groups excluding carboxylic acids is 3. The molecule has 2 rings (SSSR count). The van der Waals surface area contributed by atoms with Crippen molar-refractivity contribution in [3.8, 4) is 5.75 Å². The molecular weight excluding hydrogens is 381 g/mol. The van der Waals surface area contributed by atoms with Gasteiger partial charge in [0.15, 0.2) is 0 Å². The van der Waals surface area contributed by atoms with E-state index in [0.717, 1.165) is 0 Å². The van der Waals surface area contributed by atoms with Gasteiger partial charge in [-0.15, -0.1) is 0 Å². The van der Waals surface area contributed by atoms with Gasteiger partial charge in [0.1, 0.15) is 5.75 Å². The Labute approximate surface area is 157 Å². The molecule has 0 fully saturated rings. The number of alkyl halides is 3. The molecule has 2 N–H and O–H groups in total. The van der Waals surface area contributed by atoms with Crippen molar-refractivity contribution in [2.75, 3.05) is 17.2 Å². The van der Waals surface area contributed by atoms with Crippen LogP contribution in [0.2, 0.25) is 0 Å². The van der Waals surface area contributed by atoms with Crippen molar-refractivity contribution in [1.29, 1.82) is 0 Å². The molecule has 0 radical (unpaired) electrons. The van der Waals surface area contributed by atoms with Crippen molar-refractivity contribution in [3.63, 3.8) is 0 Å². The summed E-state index contributed by atoms with van der Waals surface area (Å²) in [5.41, 5.74) is 0.260. The summed E-state index contributed by atoms with van der Waals surface area (Å²) in [7, 11) is 0. The largest absolute Gasteiger partial charge is 0.513 e. The topological polar surface area (TPSA) is 93.7 Å². The number of amides is 2. The standard InChI is InChI=1S/C18H15F3N2O5/c1-2-27-17(26)28-14-8-6-11(7-9-14)15(24)22-12-4-3-5-13(10-12)23-16(25)18(19,20)21/h3-10H,2H2,1H3,(H,22,24)(H,23,25). The zero-order chi connectivity index (χ0) is 20.7. The Morgan fingerprint density at radius 1 is 0.964 bits per heavy atom. The number of hydrogen-bond donors (Lipinski definition) is 2. The molecule has 2 aromatic rings. The van der Waals surface area contributed by atoms with Crippen molar-refractivity contribution in [1.82, 2.24) is 0 Å². The third-order valence-electron chi connectivity index (χ3n) is 3.22. The van der Waals surface area contributed by atoms with Crippen LogP contribution in [0.15, 0.2) is 48.5 Å². The summed E-state index contributed by atoms with van der Waals surface area (Å²) in [6.45, 7) is 1.78. The van der Waals surface area contributed by atoms with Crippen LogP contribution in [0.4, 0.5) is 29.3 Å². The fourth-order valence-electron chi connectivity index (χ4n) is 2.00. The average Bonchev–Trinajstić information content (AvgIpc) is 2.62. The predicted molar refractivity (Wildman–Crippen MR) is 93.2 cm³/mol. The van der Waals surface area contributed by atoms with Gasteiger partial charge in [0.2, 0.25) is 0 Å². The molecule has 0 saturated heterocycles. The lowest BCUT2D eigenvalue weighted by Gasteiger charge is -2.10. The van der Waals surface area contributed by atoms with E-state index >= 15 is 0 Å². The minimum atomic E-state index is -5.02. The van der Waals surface area contributed by atoms with Gasteiger partial charge in [-0.05, 0) is 49.4 Å². The van der Waals surface area contributed by atoms with Crippen molar-refractivity contribution in [2.45, 2.75) is 13.1 Å². The molecule has 2 amide bonds. The molecule has 148 valence electrons. The van der Waals surface area contributed by atoms with Gasteiger partial charge in [0.05, 0.1) is 6.61 Å². The number of nitrogens with one attached hydrogen (secondary N) is 2. The first-order valence-electron chi connectivity index (χ1n) is 7.93. The highest BCUT2D eigenvalue weighted by Gasteiger charge is 2.38. The molecule has 10 heteroatoms. The molecule has 7 nitrogen and oxygen atoms in total. The van der Waals surface area contributed by atoms with Crippen LogP contribution in [0.5, 0.6) is 5.75 Å². The van der Waals surface area contributed by atoms with Crippen LogP contribution in [-0.4, -0.2) is 30.8 Å². The Bertz CT molecular complexity index is 866. The van der Waals surface area contributed by atoms with Crippen molar-refractivity contribution >= 4 is 29.3 Å². The zero-order valence-electron chi connectivity index (χ0n) is 14.5. The number of anilines is 2. The van der Waals surface area contributed by atoms with Crippen molar-refractivity contribution < 1.29 is 37.0 Å². The van der Waals surface area contributed by atoms with Gasteiger partial charge >= 0.3 is 18.2 Å². The Morgan fingerprint density at radius 3 is 2.14 bits per heavy atom. The first-order chi connectivity index (χ1) is 13.2. The van der Waals surface area contributed by atoms with E-state index in [1.54, 1.807) is 12.2 Å². The quantitative estimate of drug-likeness (QED) is 0.589. The van der Waals surface area contributed by atoms with E-state index in [2.05, 4.69) is 10.1 Å². The highest BCUT2D eigenvalue weighted by molar-refractivity contribution is 6.05. The molecule has 2 aromatic carbocycles. The number of carbonyl (C=O) groups is 3. The fraction of sp³-hybridized carbons (Fsp3) is 0.167. The summed E-state index contributed by atoms with van der Waals surface area (Å²) < 4.78 is 46.4. The SMILES string of the molecule is CCOC(=O)Oc1ccc(C(=O)Nc2cccc(NC(=O)C(F)(F)F)c2)cc1. The van der Waals surface area contributed by atoms with E-state index in [0.29, 0.717) is 0 Å². The number of halogens is 3. The molecule has 0 unspecified atom stereocenters. The van der Waals surface area contributed by atoms with Crippen LogP contribution in [0.3, 0.4) is 0 Å². The lowest BCUT2D eigenvalue weighted by atomic mass is 10.2. The van der Waals surface area contributed by atoms with Gasteiger partial charge < -0.3 is 20.1 Å². The molecule has 0 bridgehead atoms. The maximum absolute atomic E-state index is 12.3. The third kappa shape index (κ3) is 6.01. The Morgan fingerprint density at radius 2 is 1.57 bits per heavy atom. The van der Waals surface area contributed by atoms with Crippen LogP contribution < -0.4 is 15.4 Å². The van der Waals surface area contributed by atoms with Crippen molar-refractivity contribution in [2.24, 2.45) is 0 Å².